The second-order valence-corrected chi connectivity index (χ2v) is 3.36. The first-order valence-corrected chi connectivity index (χ1v) is 4.56. The minimum atomic E-state index is -0.557. The average molecular weight is 224 g/mol. The van der Waals surface area contributed by atoms with Crippen LogP contribution in [0.25, 0.3) is 0 Å². The number of esters is 1. The Kier molecular flexibility index (Phi) is 3.44. The lowest BCUT2D eigenvalue weighted by atomic mass is 10.0. The highest BCUT2D eigenvalue weighted by molar-refractivity contribution is 5.77. The maximum absolute atomic E-state index is 11.1. The van der Waals surface area contributed by atoms with Crippen molar-refractivity contribution in [2.24, 2.45) is 0 Å². The molecule has 1 rings (SSSR count). The summed E-state index contributed by atoms with van der Waals surface area (Å²) in [7, 11) is 1.22. The molecule has 1 aromatic carbocycles. The number of ether oxygens (including phenoxy) is 1. The standard InChI is InChI=1S/C10H12N2O4/c1-6-3-8(11)7(5-10(13)16-2)9(4-6)12(14)15/h3-4H,5,11H2,1-2H3. The fourth-order valence-corrected chi connectivity index (χ4v) is 1.40. The third-order valence-electron chi connectivity index (χ3n) is 2.15. The molecule has 0 atom stereocenters. The van der Waals surface area contributed by atoms with Gasteiger partial charge in [0.15, 0.2) is 0 Å². The summed E-state index contributed by atoms with van der Waals surface area (Å²) in [5, 5.41) is 10.8. The SMILES string of the molecule is COC(=O)Cc1c(N)cc(C)cc1[N+](=O)[O-]. The Morgan fingerprint density at radius 3 is 2.69 bits per heavy atom. The van der Waals surface area contributed by atoms with E-state index in [4.69, 9.17) is 5.73 Å². The third kappa shape index (κ3) is 2.47. The third-order valence-corrected chi connectivity index (χ3v) is 2.15. The molecule has 86 valence electrons. The first-order valence-electron chi connectivity index (χ1n) is 4.56. The lowest BCUT2D eigenvalue weighted by molar-refractivity contribution is -0.385. The monoisotopic (exact) mass is 224 g/mol. The first-order chi connectivity index (χ1) is 7.45. The van der Waals surface area contributed by atoms with Crippen molar-refractivity contribution in [3.05, 3.63) is 33.4 Å². The molecule has 6 heteroatoms. The number of nitro benzene ring substituents is 1. The van der Waals surface area contributed by atoms with Crippen LogP contribution in [-0.4, -0.2) is 18.0 Å². The normalized spacial score (nSPS) is 9.88. The maximum atomic E-state index is 11.1. The maximum Gasteiger partial charge on any atom is 0.310 e. The molecule has 0 spiro atoms. The Hall–Kier alpha value is -2.11. The number of carbonyl (C=O) groups is 1. The van der Waals surface area contributed by atoms with Gasteiger partial charge in [-0.1, -0.05) is 0 Å². The number of hydrogen-bond donors (Lipinski definition) is 1. The molecule has 0 aliphatic rings. The Morgan fingerprint density at radius 2 is 2.19 bits per heavy atom. The number of methoxy groups -OCH3 is 1. The van der Waals surface area contributed by atoms with E-state index < -0.39 is 10.9 Å². The molecule has 0 unspecified atom stereocenters. The highest BCUT2D eigenvalue weighted by Crippen LogP contribution is 2.27. The van der Waals surface area contributed by atoms with Gasteiger partial charge in [0.25, 0.3) is 5.69 Å². The summed E-state index contributed by atoms with van der Waals surface area (Å²) in [6.45, 7) is 1.70. The highest BCUT2D eigenvalue weighted by Gasteiger charge is 2.20. The number of rotatable bonds is 3. The smallest absolute Gasteiger partial charge is 0.310 e. The lowest BCUT2D eigenvalue weighted by Gasteiger charge is -2.06. The van der Waals surface area contributed by atoms with E-state index in [2.05, 4.69) is 4.74 Å². The molecular weight excluding hydrogens is 212 g/mol. The second-order valence-electron chi connectivity index (χ2n) is 3.36. The summed E-state index contributed by atoms with van der Waals surface area (Å²) >= 11 is 0. The van der Waals surface area contributed by atoms with Gasteiger partial charge in [-0.3, -0.25) is 14.9 Å². The molecule has 0 bridgehead atoms. The first kappa shape index (κ1) is 12.0. The van der Waals surface area contributed by atoms with Crippen LogP contribution in [0.4, 0.5) is 11.4 Å². The predicted molar refractivity (Wildman–Crippen MR) is 58.0 cm³/mol. The molecule has 0 saturated carbocycles. The molecule has 0 aliphatic heterocycles. The van der Waals surface area contributed by atoms with Crippen LogP contribution in [0.1, 0.15) is 11.1 Å². The van der Waals surface area contributed by atoms with Crippen molar-refractivity contribution in [1.82, 2.24) is 0 Å². The lowest BCUT2D eigenvalue weighted by Crippen LogP contribution is -2.09. The van der Waals surface area contributed by atoms with Gasteiger partial charge < -0.3 is 10.5 Å². The number of nitrogens with two attached hydrogens (primary N) is 1. The van der Waals surface area contributed by atoms with E-state index in [1.165, 1.54) is 13.2 Å². The van der Waals surface area contributed by atoms with Crippen LogP contribution in [-0.2, 0) is 16.0 Å². The number of anilines is 1. The molecule has 0 radical (unpaired) electrons. The number of carbonyl (C=O) groups excluding carboxylic acids is 1. The van der Waals surface area contributed by atoms with E-state index in [1.807, 2.05) is 0 Å². The van der Waals surface area contributed by atoms with E-state index in [-0.39, 0.29) is 23.4 Å². The summed E-state index contributed by atoms with van der Waals surface area (Å²) in [6.07, 6.45) is -0.196. The topological polar surface area (TPSA) is 95.5 Å². The minimum absolute atomic E-state index is 0.150. The van der Waals surface area contributed by atoms with Crippen molar-refractivity contribution in [3.63, 3.8) is 0 Å². The van der Waals surface area contributed by atoms with Crippen LogP contribution in [0.2, 0.25) is 0 Å². The van der Waals surface area contributed by atoms with Crippen LogP contribution in [0, 0.1) is 17.0 Å². The zero-order valence-corrected chi connectivity index (χ0v) is 9.02. The average Bonchev–Trinajstić information content (AvgIpc) is 2.20. The van der Waals surface area contributed by atoms with E-state index >= 15 is 0 Å². The second kappa shape index (κ2) is 4.61. The van der Waals surface area contributed by atoms with Crippen LogP contribution in [0.15, 0.2) is 12.1 Å². The zero-order chi connectivity index (χ0) is 12.3. The van der Waals surface area contributed by atoms with Crippen molar-refractivity contribution in [1.29, 1.82) is 0 Å². The molecule has 0 aromatic heterocycles. The fourth-order valence-electron chi connectivity index (χ4n) is 1.40. The van der Waals surface area contributed by atoms with Gasteiger partial charge in [0.2, 0.25) is 0 Å². The summed E-state index contributed by atoms with van der Waals surface area (Å²) in [5.41, 5.74) is 6.61. The molecular formula is C10H12N2O4. The number of nitrogen functional groups attached to an aromatic ring is 1. The Bertz CT molecular complexity index is 443. The summed E-state index contributed by atoms with van der Waals surface area (Å²) in [5.74, 6) is -0.557. The van der Waals surface area contributed by atoms with E-state index in [0.29, 0.717) is 5.56 Å². The van der Waals surface area contributed by atoms with Crippen molar-refractivity contribution in [2.45, 2.75) is 13.3 Å². The number of nitro groups is 1. The predicted octanol–water partition coefficient (Wildman–Crippen LogP) is 1.20. The van der Waals surface area contributed by atoms with E-state index in [1.54, 1.807) is 13.0 Å². The van der Waals surface area contributed by atoms with Crippen molar-refractivity contribution in [3.8, 4) is 0 Å². The quantitative estimate of drug-likeness (QED) is 0.360. The van der Waals surface area contributed by atoms with Crippen molar-refractivity contribution in [2.75, 3.05) is 12.8 Å². The Balaban J connectivity index is 3.24. The minimum Gasteiger partial charge on any atom is -0.469 e. The largest absolute Gasteiger partial charge is 0.469 e. The summed E-state index contributed by atoms with van der Waals surface area (Å²) in [6, 6.07) is 2.97. The zero-order valence-electron chi connectivity index (χ0n) is 9.02. The van der Waals surface area contributed by atoms with Gasteiger partial charge in [-0.05, 0) is 18.6 Å². The van der Waals surface area contributed by atoms with Crippen molar-refractivity contribution < 1.29 is 14.5 Å². The van der Waals surface area contributed by atoms with Crippen molar-refractivity contribution >= 4 is 17.3 Å². The molecule has 6 nitrogen and oxygen atoms in total. The van der Waals surface area contributed by atoms with E-state index in [9.17, 15) is 14.9 Å². The molecule has 0 aliphatic carbocycles. The van der Waals surface area contributed by atoms with Gasteiger partial charge in [0.1, 0.15) is 0 Å². The Morgan fingerprint density at radius 1 is 1.56 bits per heavy atom. The van der Waals surface area contributed by atoms with Crippen LogP contribution in [0.5, 0.6) is 0 Å². The summed E-state index contributed by atoms with van der Waals surface area (Å²) in [4.78, 5) is 21.3. The number of aryl methyl sites for hydroxylation is 1. The molecule has 16 heavy (non-hydrogen) atoms. The van der Waals surface area contributed by atoms with Gasteiger partial charge in [-0.2, -0.15) is 0 Å². The number of benzene rings is 1. The molecule has 0 heterocycles. The van der Waals surface area contributed by atoms with Gasteiger partial charge in [0.05, 0.1) is 24.0 Å². The van der Waals surface area contributed by atoms with Gasteiger partial charge in [0, 0.05) is 11.8 Å². The van der Waals surface area contributed by atoms with Crippen LogP contribution < -0.4 is 5.73 Å². The Labute approximate surface area is 92.2 Å². The molecule has 0 fully saturated rings. The fraction of sp³-hybridized carbons (Fsp3) is 0.300. The van der Waals surface area contributed by atoms with Gasteiger partial charge in [-0.25, -0.2) is 0 Å². The van der Waals surface area contributed by atoms with E-state index in [0.717, 1.165) is 0 Å². The van der Waals surface area contributed by atoms with Crippen LogP contribution in [0.3, 0.4) is 0 Å². The summed E-state index contributed by atoms with van der Waals surface area (Å²) < 4.78 is 4.46. The number of hydrogen-bond acceptors (Lipinski definition) is 5. The molecule has 2 N–H and O–H groups in total. The highest BCUT2D eigenvalue weighted by atomic mass is 16.6. The number of nitrogens with zero attached hydrogens (tertiary/aromatic N) is 1. The van der Waals surface area contributed by atoms with Gasteiger partial charge >= 0.3 is 5.97 Å². The van der Waals surface area contributed by atoms with Crippen LogP contribution >= 0.6 is 0 Å². The molecule has 1 aromatic rings. The molecule has 0 amide bonds. The molecule has 0 saturated heterocycles. The van der Waals surface area contributed by atoms with Gasteiger partial charge in [-0.15, -0.1) is 0 Å².